The van der Waals surface area contributed by atoms with E-state index in [1.165, 1.54) is 15.3 Å². The van der Waals surface area contributed by atoms with Crippen molar-refractivity contribution in [1.29, 1.82) is 0 Å². The van der Waals surface area contributed by atoms with E-state index in [0.717, 1.165) is 48.5 Å². The van der Waals surface area contributed by atoms with Crippen LogP contribution < -0.4 is 10.6 Å². The van der Waals surface area contributed by atoms with Crippen molar-refractivity contribution in [2.75, 3.05) is 20.1 Å². The number of hydrogen-bond donors (Lipinski definition) is 2. The van der Waals surface area contributed by atoms with Crippen LogP contribution in [0, 0.1) is 23.7 Å². The minimum absolute atomic E-state index is 0.167. The van der Waals surface area contributed by atoms with E-state index in [1.807, 2.05) is 20.0 Å². The monoisotopic (exact) mass is 476 g/mol. The predicted molar refractivity (Wildman–Crippen MR) is 141 cm³/mol. The van der Waals surface area contributed by atoms with Gasteiger partial charge in [-0.15, -0.1) is 28.6 Å². The summed E-state index contributed by atoms with van der Waals surface area (Å²) in [5.74, 6) is 7.20. The molecule has 1 atom stereocenters. The summed E-state index contributed by atoms with van der Waals surface area (Å²) in [4.78, 5) is 17.5. The molecule has 33 heavy (non-hydrogen) atoms. The highest BCUT2D eigenvalue weighted by Crippen LogP contribution is 2.37. The molecular formula is C28H32N2OS2. The fourth-order valence-corrected chi connectivity index (χ4v) is 6.63. The zero-order valence-corrected chi connectivity index (χ0v) is 21.0. The summed E-state index contributed by atoms with van der Waals surface area (Å²) in [6, 6.07) is 19.2. The minimum Gasteiger partial charge on any atom is -0.318 e. The van der Waals surface area contributed by atoms with Crippen LogP contribution in [0.15, 0.2) is 54.6 Å². The summed E-state index contributed by atoms with van der Waals surface area (Å²) < 4.78 is 0. The molecule has 2 heterocycles. The SMILES string of the molecule is CC#Cc1ccc(-c2ccc(C(=O)C3CCC(CN[C@@H](CNC)c4ccccc4)CC3)s2)s1. The summed E-state index contributed by atoms with van der Waals surface area (Å²) in [5.41, 5.74) is 1.32. The third-order valence-corrected chi connectivity index (χ3v) is 8.72. The normalized spacial score (nSPS) is 19.0. The third kappa shape index (κ3) is 6.22. The molecule has 0 aliphatic heterocycles. The van der Waals surface area contributed by atoms with Crippen LogP contribution in [0.1, 0.15) is 58.8 Å². The first-order chi connectivity index (χ1) is 16.2. The van der Waals surface area contributed by atoms with Crippen LogP contribution in [0.3, 0.4) is 0 Å². The molecule has 0 radical (unpaired) electrons. The van der Waals surface area contributed by atoms with Crippen molar-refractivity contribution in [3.63, 3.8) is 0 Å². The Morgan fingerprint density at radius 2 is 1.73 bits per heavy atom. The molecule has 1 aliphatic carbocycles. The van der Waals surface area contributed by atoms with Crippen molar-refractivity contribution in [2.24, 2.45) is 11.8 Å². The average molecular weight is 477 g/mol. The van der Waals surface area contributed by atoms with E-state index in [0.29, 0.717) is 17.7 Å². The van der Waals surface area contributed by atoms with E-state index in [2.05, 4.69) is 71.0 Å². The van der Waals surface area contributed by atoms with Crippen LogP contribution in [0.4, 0.5) is 0 Å². The maximum Gasteiger partial charge on any atom is 0.175 e. The van der Waals surface area contributed by atoms with E-state index in [9.17, 15) is 4.79 Å². The molecular weight excluding hydrogens is 444 g/mol. The molecule has 4 rings (SSSR count). The zero-order valence-electron chi connectivity index (χ0n) is 19.4. The highest BCUT2D eigenvalue weighted by atomic mass is 32.1. The second kappa shape index (κ2) is 11.8. The van der Waals surface area contributed by atoms with E-state index in [-0.39, 0.29) is 5.92 Å². The lowest BCUT2D eigenvalue weighted by Gasteiger charge is -2.29. The topological polar surface area (TPSA) is 41.1 Å². The van der Waals surface area contributed by atoms with Crippen molar-refractivity contribution in [1.82, 2.24) is 10.6 Å². The van der Waals surface area contributed by atoms with Crippen LogP contribution >= 0.6 is 22.7 Å². The fraction of sp³-hybridized carbons (Fsp3) is 0.393. The van der Waals surface area contributed by atoms with Crippen LogP contribution in [-0.4, -0.2) is 25.9 Å². The first-order valence-corrected chi connectivity index (χ1v) is 13.4. The molecule has 3 nitrogen and oxygen atoms in total. The molecule has 0 unspecified atom stereocenters. The Morgan fingerprint density at radius 1 is 1.00 bits per heavy atom. The Labute approximate surface area is 205 Å². The van der Waals surface area contributed by atoms with Crippen LogP contribution in [0.5, 0.6) is 0 Å². The van der Waals surface area contributed by atoms with Gasteiger partial charge in [0.25, 0.3) is 0 Å². The van der Waals surface area contributed by atoms with Crippen molar-refractivity contribution in [3.05, 3.63) is 69.9 Å². The lowest BCUT2D eigenvalue weighted by atomic mass is 9.79. The molecule has 0 amide bonds. The first-order valence-electron chi connectivity index (χ1n) is 11.8. The van der Waals surface area contributed by atoms with Crippen LogP contribution in [0.25, 0.3) is 9.75 Å². The largest absolute Gasteiger partial charge is 0.318 e. The van der Waals surface area contributed by atoms with Crippen LogP contribution in [0.2, 0.25) is 0 Å². The Morgan fingerprint density at radius 3 is 2.45 bits per heavy atom. The quantitative estimate of drug-likeness (QED) is 0.278. The first kappa shape index (κ1) is 23.9. The van der Waals surface area contributed by atoms with E-state index < -0.39 is 0 Å². The molecule has 1 saturated carbocycles. The Bertz CT molecular complexity index is 1100. The number of Topliss-reactive ketones (excluding diaryl/α,β-unsaturated/α-hetero) is 1. The molecule has 0 spiro atoms. The molecule has 2 N–H and O–H groups in total. The predicted octanol–water partition coefficient (Wildman–Crippen LogP) is 6.39. The molecule has 1 aliphatic rings. The van der Waals surface area contributed by atoms with Gasteiger partial charge >= 0.3 is 0 Å². The fourth-order valence-electron chi connectivity index (χ4n) is 4.60. The molecule has 0 bridgehead atoms. The lowest BCUT2D eigenvalue weighted by Crippen LogP contribution is -2.35. The molecule has 2 aromatic heterocycles. The van der Waals surface area contributed by atoms with Gasteiger partial charge in [0.1, 0.15) is 0 Å². The van der Waals surface area contributed by atoms with E-state index in [4.69, 9.17) is 0 Å². The number of carbonyl (C=O) groups is 1. The van der Waals surface area contributed by atoms with Crippen molar-refractivity contribution in [2.45, 2.75) is 38.6 Å². The summed E-state index contributed by atoms with van der Waals surface area (Å²) >= 11 is 3.33. The van der Waals surface area contributed by atoms with E-state index >= 15 is 0 Å². The van der Waals surface area contributed by atoms with Gasteiger partial charge in [0, 0.05) is 28.3 Å². The number of hydrogen-bond acceptors (Lipinski definition) is 5. The van der Waals surface area contributed by atoms with Crippen molar-refractivity contribution >= 4 is 28.5 Å². The molecule has 3 aromatic rings. The van der Waals surface area contributed by atoms with Crippen molar-refractivity contribution in [3.8, 4) is 21.6 Å². The van der Waals surface area contributed by atoms with Gasteiger partial charge in [0.05, 0.1) is 9.75 Å². The van der Waals surface area contributed by atoms with Gasteiger partial charge in [-0.2, -0.15) is 0 Å². The highest BCUT2D eigenvalue weighted by Gasteiger charge is 2.28. The summed E-state index contributed by atoms with van der Waals surface area (Å²) in [7, 11) is 2.00. The maximum absolute atomic E-state index is 13.2. The maximum atomic E-state index is 13.2. The molecule has 5 heteroatoms. The summed E-state index contributed by atoms with van der Waals surface area (Å²) in [6.07, 6.45) is 4.23. The number of thiophene rings is 2. The second-order valence-electron chi connectivity index (χ2n) is 8.71. The zero-order chi connectivity index (χ0) is 23.0. The highest BCUT2D eigenvalue weighted by molar-refractivity contribution is 7.23. The second-order valence-corrected chi connectivity index (χ2v) is 10.9. The Kier molecular flexibility index (Phi) is 8.52. The lowest BCUT2D eigenvalue weighted by molar-refractivity contribution is 0.0875. The summed E-state index contributed by atoms with van der Waals surface area (Å²) in [5, 5.41) is 7.06. The van der Waals surface area contributed by atoms with Crippen LogP contribution in [-0.2, 0) is 0 Å². The standard InChI is InChI=1S/C28H32N2OS2/c1-3-7-23-14-15-25(32-23)26-16-17-27(33-26)28(31)22-12-10-20(11-13-22)18-30-24(19-29-2)21-8-5-4-6-9-21/h4-6,8-9,14-17,20,22,24,29-30H,10-13,18-19H2,1-2H3/t20?,22?,24-/m0/s1. The van der Waals surface area contributed by atoms with E-state index in [1.54, 1.807) is 22.7 Å². The molecule has 1 fully saturated rings. The summed E-state index contributed by atoms with van der Waals surface area (Å²) in [6.45, 7) is 3.78. The van der Waals surface area contributed by atoms with Gasteiger partial charge in [0.15, 0.2) is 5.78 Å². The Balaban J connectivity index is 1.29. The van der Waals surface area contributed by atoms with Gasteiger partial charge in [-0.1, -0.05) is 36.3 Å². The van der Waals surface area contributed by atoms with Crippen molar-refractivity contribution < 1.29 is 4.79 Å². The number of carbonyl (C=O) groups excluding carboxylic acids is 1. The molecule has 1 aromatic carbocycles. The van der Waals surface area contributed by atoms with Gasteiger partial charge in [-0.05, 0) is 81.9 Å². The third-order valence-electron chi connectivity index (χ3n) is 6.43. The van der Waals surface area contributed by atoms with Gasteiger partial charge in [-0.25, -0.2) is 0 Å². The molecule has 0 saturated heterocycles. The van der Waals surface area contributed by atoms with Gasteiger partial charge in [-0.3, -0.25) is 4.79 Å². The number of rotatable bonds is 9. The number of ketones is 1. The average Bonchev–Trinajstić information content (AvgIpc) is 3.52. The van der Waals surface area contributed by atoms with Gasteiger partial charge in [0.2, 0.25) is 0 Å². The minimum atomic E-state index is 0.167. The van der Waals surface area contributed by atoms with Gasteiger partial charge < -0.3 is 10.6 Å². The number of benzene rings is 1. The molecule has 172 valence electrons. The smallest absolute Gasteiger partial charge is 0.175 e. The Hall–Kier alpha value is -2.23. The number of likely N-dealkylation sites (N-methyl/N-ethyl adjacent to an activating group) is 1. The number of nitrogens with one attached hydrogen (secondary N) is 2.